The number of halogens is 1. The van der Waals surface area contributed by atoms with E-state index in [2.05, 4.69) is 10.4 Å². The van der Waals surface area contributed by atoms with Gasteiger partial charge in [-0.3, -0.25) is 14.9 Å². The maximum Gasteiger partial charge on any atom is 0.343 e. The molecule has 3 aromatic rings. The van der Waals surface area contributed by atoms with Crippen molar-refractivity contribution in [3.05, 3.63) is 80.1 Å². The maximum atomic E-state index is 12.6. The number of nitrogens with zero attached hydrogens (tertiary/aromatic N) is 3. The summed E-state index contributed by atoms with van der Waals surface area (Å²) in [5, 5.41) is 17.8. The van der Waals surface area contributed by atoms with Crippen molar-refractivity contribution in [2.75, 3.05) is 19.0 Å². The van der Waals surface area contributed by atoms with Crippen molar-refractivity contribution in [3.8, 4) is 5.75 Å². The number of non-ortho nitro benzene ring substituents is 1. The molecule has 0 aliphatic rings. The number of hydrogen-bond donors (Lipinski definition) is 1. The van der Waals surface area contributed by atoms with Crippen LogP contribution in [0.4, 0.5) is 11.4 Å². The molecular weight excluding hydrogens is 452 g/mol. The van der Waals surface area contributed by atoms with Gasteiger partial charge < -0.3 is 14.8 Å². The highest BCUT2D eigenvalue weighted by Crippen LogP contribution is 2.29. The molecule has 0 radical (unpaired) electrons. The van der Waals surface area contributed by atoms with E-state index in [1.54, 1.807) is 6.92 Å². The number of nitrogens with one attached hydrogen (secondary N) is 1. The zero-order valence-corrected chi connectivity index (χ0v) is 18.9. The Bertz CT molecular complexity index is 1210. The highest BCUT2D eigenvalue weighted by molar-refractivity contribution is 6.32. The fraction of sp³-hybridized carbons (Fsp3) is 0.227. The van der Waals surface area contributed by atoms with E-state index in [1.165, 1.54) is 30.0 Å². The normalized spacial score (nSPS) is 10.5. The third-order valence-electron chi connectivity index (χ3n) is 4.73. The Labute approximate surface area is 194 Å². The van der Waals surface area contributed by atoms with Crippen LogP contribution in [0.5, 0.6) is 5.75 Å². The number of aryl methyl sites for hydroxylation is 2. The Morgan fingerprint density at radius 1 is 1.18 bits per heavy atom. The highest BCUT2D eigenvalue weighted by atomic mass is 35.5. The topological polar surface area (TPSA) is 126 Å². The SMILES string of the molecule is COc1cc([N+](=O)[O-])ccc1NC(=O)COC(=O)c1c(C)nn(Cc2ccc(C)cc2)c1Cl. The van der Waals surface area contributed by atoms with E-state index in [9.17, 15) is 19.7 Å². The molecule has 1 aromatic heterocycles. The van der Waals surface area contributed by atoms with Gasteiger partial charge >= 0.3 is 5.97 Å². The molecule has 2 aromatic carbocycles. The predicted molar refractivity (Wildman–Crippen MR) is 121 cm³/mol. The smallest absolute Gasteiger partial charge is 0.343 e. The Kier molecular flexibility index (Phi) is 7.29. The van der Waals surface area contributed by atoms with E-state index in [4.69, 9.17) is 21.1 Å². The number of carbonyl (C=O) groups is 2. The molecule has 0 aliphatic carbocycles. The summed E-state index contributed by atoms with van der Waals surface area (Å²) < 4.78 is 11.7. The molecule has 1 N–H and O–H groups in total. The van der Waals surface area contributed by atoms with Gasteiger partial charge in [0.1, 0.15) is 16.5 Å². The number of nitro groups is 1. The minimum atomic E-state index is -0.793. The van der Waals surface area contributed by atoms with Crippen molar-refractivity contribution in [2.45, 2.75) is 20.4 Å². The van der Waals surface area contributed by atoms with Crippen molar-refractivity contribution < 1.29 is 24.0 Å². The first kappa shape index (κ1) is 23.7. The van der Waals surface area contributed by atoms with Gasteiger partial charge in [-0.25, -0.2) is 9.48 Å². The number of aromatic nitrogens is 2. The van der Waals surface area contributed by atoms with Gasteiger partial charge in [-0.15, -0.1) is 0 Å². The number of ether oxygens (including phenoxy) is 2. The lowest BCUT2D eigenvalue weighted by Crippen LogP contribution is -2.21. The lowest BCUT2D eigenvalue weighted by molar-refractivity contribution is -0.384. The van der Waals surface area contributed by atoms with Crippen LogP contribution in [0.15, 0.2) is 42.5 Å². The second-order valence-corrected chi connectivity index (χ2v) is 7.52. The second kappa shape index (κ2) is 10.1. The summed E-state index contributed by atoms with van der Waals surface area (Å²) in [6.45, 7) is 3.37. The van der Waals surface area contributed by atoms with Gasteiger partial charge in [0.2, 0.25) is 0 Å². The summed E-state index contributed by atoms with van der Waals surface area (Å²) in [7, 11) is 1.31. The van der Waals surface area contributed by atoms with Crippen molar-refractivity contribution in [3.63, 3.8) is 0 Å². The third-order valence-corrected chi connectivity index (χ3v) is 5.11. The molecule has 0 fully saturated rings. The molecule has 0 spiro atoms. The van der Waals surface area contributed by atoms with Crippen LogP contribution in [-0.4, -0.2) is 40.3 Å². The van der Waals surface area contributed by atoms with Gasteiger partial charge in [-0.05, 0) is 25.5 Å². The molecule has 1 heterocycles. The van der Waals surface area contributed by atoms with Crippen molar-refractivity contribution in [1.29, 1.82) is 0 Å². The van der Waals surface area contributed by atoms with E-state index >= 15 is 0 Å². The molecule has 33 heavy (non-hydrogen) atoms. The lowest BCUT2D eigenvalue weighted by Gasteiger charge is -2.10. The van der Waals surface area contributed by atoms with Crippen LogP contribution in [0.3, 0.4) is 0 Å². The quantitative estimate of drug-likeness (QED) is 0.299. The molecule has 3 rings (SSSR count). The number of rotatable bonds is 8. The maximum absolute atomic E-state index is 12.6. The number of methoxy groups -OCH3 is 1. The molecule has 10 nitrogen and oxygen atoms in total. The molecule has 0 bridgehead atoms. The third kappa shape index (κ3) is 5.66. The number of amides is 1. The molecule has 1 amide bonds. The fourth-order valence-corrected chi connectivity index (χ4v) is 3.35. The van der Waals surface area contributed by atoms with E-state index in [0.717, 1.165) is 11.1 Å². The monoisotopic (exact) mass is 472 g/mol. The van der Waals surface area contributed by atoms with Gasteiger partial charge in [-0.1, -0.05) is 41.4 Å². The van der Waals surface area contributed by atoms with Gasteiger partial charge in [-0.2, -0.15) is 5.10 Å². The Balaban J connectivity index is 1.65. The van der Waals surface area contributed by atoms with E-state index in [0.29, 0.717) is 12.2 Å². The summed E-state index contributed by atoms with van der Waals surface area (Å²) in [6.07, 6.45) is 0. The minimum absolute atomic E-state index is 0.0736. The minimum Gasteiger partial charge on any atom is -0.494 e. The molecule has 172 valence electrons. The fourth-order valence-electron chi connectivity index (χ4n) is 3.04. The van der Waals surface area contributed by atoms with Gasteiger partial charge in [0.15, 0.2) is 6.61 Å². The van der Waals surface area contributed by atoms with Crippen molar-refractivity contribution >= 4 is 34.9 Å². The van der Waals surface area contributed by atoms with Crippen LogP contribution < -0.4 is 10.1 Å². The molecule has 0 unspecified atom stereocenters. The molecule has 0 saturated carbocycles. The van der Waals surface area contributed by atoms with Crippen LogP contribution in [0.2, 0.25) is 5.15 Å². The summed E-state index contributed by atoms with van der Waals surface area (Å²) in [5.41, 5.74) is 2.53. The number of benzene rings is 2. The summed E-state index contributed by atoms with van der Waals surface area (Å²) in [5.74, 6) is -1.35. The highest BCUT2D eigenvalue weighted by Gasteiger charge is 2.23. The van der Waals surface area contributed by atoms with Crippen LogP contribution >= 0.6 is 11.6 Å². The predicted octanol–water partition coefficient (Wildman–Crippen LogP) is 3.91. The molecular formula is C22H21ClN4O6. The van der Waals surface area contributed by atoms with Crippen LogP contribution in [0, 0.1) is 24.0 Å². The van der Waals surface area contributed by atoms with E-state index in [1.807, 2.05) is 31.2 Å². The summed E-state index contributed by atoms with van der Waals surface area (Å²) >= 11 is 6.36. The van der Waals surface area contributed by atoms with Gasteiger partial charge in [0.05, 0.1) is 36.0 Å². The molecule has 0 saturated heterocycles. The second-order valence-electron chi connectivity index (χ2n) is 7.16. The number of esters is 1. The van der Waals surface area contributed by atoms with E-state index in [-0.39, 0.29) is 27.8 Å². The Hall–Kier alpha value is -3.92. The van der Waals surface area contributed by atoms with Crippen molar-refractivity contribution in [2.24, 2.45) is 0 Å². The van der Waals surface area contributed by atoms with E-state index < -0.39 is 23.4 Å². The van der Waals surface area contributed by atoms with Crippen LogP contribution in [0.1, 0.15) is 27.2 Å². The average molecular weight is 473 g/mol. The average Bonchev–Trinajstić information content (AvgIpc) is 3.06. The van der Waals surface area contributed by atoms with Crippen LogP contribution in [0.25, 0.3) is 0 Å². The number of anilines is 1. The Morgan fingerprint density at radius 2 is 1.88 bits per heavy atom. The first-order valence-electron chi connectivity index (χ1n) is 9.77. The lowest BCUT2D eigenvalue weighted by atomic mass is 10.1. The Morgan fingerprint density at radius 3 is 2.52 bits per heavy atom. The molecule has 0 aliphatic heterocycles. The zero-order chi connectivity index (χ0) is 24.1. The largest absolute Gasteiger partial charge is 0.494 e. The van der Waals surface area contributed by atoms with Crippen LogP contribution in [-0.2, 0) is 16.1 Å². The molecule has 0 atom stereocenters. The van der Waals surface area contributed by atoms with Gasteiger partial charge in [0, 0.05) is 6.07 Å². The standard InChI is InChI=1S/C22H21ClN4O6/c1-13-4-6-15(7-5-13)11-26-21(23)20(14(2)25-26)22(29)33-12-19(28)24-17-9-8-16(27(30)31)10-18(17)32-3/h4-10H,11-12H2,1-3H3,(H,24,28). The van der Waals surface area contributed by atoms with Gasteiger partial charge in [0.25, 0.3) is 11.6 Å². The van der Waals surface area contributed by atoms with Crippen molar-refractivity contribution in [1.82, 2.24) is 9.78 Å². The first-order chi connectivity index (χ1) is 15.7. The summed E-state index contributed by atoms with van der Waals surface area (Å²) in [4.78, 5) is 35.1. The number of nitro benzene ring substituents is 1. The first-order valence-corrected chi connectivity index (χ1v) is 10.1. The number of hydrogen-bond acceptors (Lipinski definition) is 7. The zero-order valence-electron chi connectivity index (χ0n) is 18.1. The molecule has 11 heteroatoms. The summed E-state index contributed by atoms with van der Waals surface area (Å²) in [6, 6.07) is 11.5. The number of carbonyl (C=O) groups excluding carboxylic acids is 2.